The van der Waals surface area contributed by atoms with Crippen molar-refractivity contribution in [2.24, 2.45) is 0 Å². The third kappa shape index (κ3) is 5.93. The average molecular weight is 574 g/mol. The summed E-state index contributed by atoms with van der Waals surface area (Å²) in [6.07, 6.45) is 0.340. The molecule has 1 aliphatic heterocycles. The molecule has 10 heteroatoms. The van der Waals surface area contributed by atoms with Crippen LogP contribution < -0.4 is 9.47 Å². The van der Waals surface area contributed by atoms with Gasteiger partial charge in [0.25, 0.3) is 5.92 Å². The zero-order valence-electron chi connectivity index (χ0n) is 21.9. The van der Waals surface area contributed by atoms with E-state index in [4.69, 9.17) is 14.2 Å². The van der Waals surface area contributed by atoms with Gasteiger partial charge in [-0.25, -0.2) is 18.0 Å². The first-order valence-corrected chi connectivity index (χ1v) is 13.6. The number of carbonyl (C=O) groups is 1. The maximum absolute atomic E-state index is 14.6. The van der Waals surface area contributed by atoms with Crippen molar-refractivity contribution in [3.05, 3.63) is 76.9 Å². The van der Waals surface area contributed by atoms with Crippen molar-refractivity contribution in [3.8, 4) is 28.4 Å². The van der Waals surface area contributed by atoms with Crippen molar-refractivity contribution in [2.75, 3.05) is 33.4 Å². The maximum Gasteiger partial charge on any atom is 0.337 e. The Morgan fingerprint density at radius 1 is 1.05 bits per heavy atom. The van der Waals surface area contributed by atoms with Gasteiger partial charge in [0.1, 0.15) is 29.2 Å². The van der Waals surface area contributed by atoms with Crippen LogP contribution in [0.3, 0.4) is 0 Å². The number of halogens is 4. The number of hydrogen-bond acceptors (Lipinski definition) is 6. The number of methoxy groups -OCH3 is 1. The molecular formula is C30H27F4NO4S. The number of likely N-dealkylation sites (tertiary alicyclic amines) is 1. The van der Waals surface area contributed by atoms with Crippen LogP contribution >= 0.6 is 11.3 Å². The summed E-state index contributed by atoms with van der Waals surface area (Å²) in [7, 11) is 1.31. The van der Waals surface area contributed by atoms with Crippen LogP contribution in [0.2, 0.25) is 0 Å². The Kier molecular flexibility index (Phi) is 8.00. The number of thiophene rings is 1. The van der Waals surface area contributed by atoms with E-state index in [1.165, 1.54) is 24.5 Å². The van der Waals surface area contributed by atoms with Crippen LogP contribution in [0.5, 0.6) is 17.2 Å². The Labute approximate surface area is 232 Å². The van der Waals surface area contributed by atoms with Gasteiger partial charge in [0.2, 0.25) is 0 Å². The molecule has 0 spiro atoms. The Balaban J connectivity index is 1.50. The molecular weight excluding hydrogens is 546 g/mol. The van der Waals surface area contributed by atoms with E-state index in [-0.39, 0.29) is 24.1 Å². The standard InChI is InChI=1S/C30H27F4NO4S/c1-30(33,34)25-13-19(32)5-8-22(25)24-14-20(38-21-15-35(16-21)11-3-10-31)6-9-26(24)39-27-17-40-28-12-18(29(36)37-2)4-7-23(27)28/h4-9,12-14,17,21H,3,10-11,15-16H2,1-2H3. The monoisotopic (exact) mass is 573 g/mol. The lowest BCUT2D eigenvalue weighted by atomic mass is 9.95. The molecule has 0 aliphatic carbocycles. The minimum atomic E-state index is -3.32. The third-order valence-corrected chi connectivity index (χ3v) is 7.63. The Hall–Kier alpha value is -3.63. The minimum absolute atomic E-state index is 0.111. The Bertz CT molecular complexity index is 1530. The highest BCUT2D eigenvalue weighted by Crippen LogP contribution is 2.44. The van der Waals surface area contributed by atoms with Gasteiger partial charge >= 0.3 is 5.97 Å². The summed E-state index contributed by atoms with van der Waals surface area (Å²) in [5, 5.41) is 2.49. The van der Waals surface area contributed by atoms with Gasteiger partial charge in [-0.05, 0) is 60.5 Å². The fourth-order valence-corrected chi connectivity index (χ4v) is 5.60. The normalized spacial score (nSPS) is 14.2. The van der Waals surface area contributed by atoms with Crippen LogP contribution in [-0.2, 0) is 10.7 Å². The van der Waals surface area contributed by atoms with E-state index in [1.54, 1.807) is 41.8 Å². The number of carbonyl (C=O) groups excluding carboxylic acids is 1. The topological polar surface area (TPSA) is 48.0 Å². The largest absolute Gasteiger partial charge is 0.488 e. The van der Waals surface area contributed by atoms with E-state index in [2.05, 4.69) is 4.90 Å². The molecule has 210 valence electrons. The molecule has 1 saturated heterocycles. The minimum Gasteiger partial charge on any atom is -0.488 e. The molecule has 0 bridgehead atoms. The van der Waals surface area contributed by atoms with Gasteiger partial charge in [0.15, 0.2) is 0 Å². The van der Waals surface area contributed by atoms with E-state index in [9.17, 15) is 22.4 Å². The molecule has 0 amide bonds. The second-order valence-corrected chi connectivity index (χ2v) is 10.6. The van der Waals surface area contributed by atoms with E-state index < -0.39 is 23.3 Å². The number of alkyl halides is 3. The molecule has 5 nitrogen and oxygen atoms in total. The number of ether oxygens (including phenoxy) is 3. The zero-order chi connectivity index (χ0) is 28.4. The molecule has 0 radical (unpaired) electrons. The van der Waals surface area contributed by atoms with Gasteiger partial charge in [-0.15, -0.1) is 11.3 Å². The van der Waals surface area contributed by atoms with Gasteiger partial charge in [0, 0.05) is 53.2 Å². The van der Waals surface area contributed by atoms with Crippen LogP contribution in [0.1, 0.15) is 29.3 Å². The quantitative estimate of drug-likeness (QED) is 0.143. The predicted molar refractivity (Wildman–Crippen MR) is 146 cm³/mol. The summed E-state index contributed by atoms with van der Waals surface area (Å²) >= 11 is 1.36. The molecule has 1 fully saturated rings. The number of rotatable bonds is 10. The zero-order valence-corrected chi connectivity index (χ0v) is 22.7. The molecule has 0 unspecified atom stereocenters. The summed E-state index contributed by atoms with van der Waals surface area (Å²) in [5.41, 5.74) is 0.340. The molecule has 4 aromatic rings. The number of esters is 1. The van der Waals surface area contributed by atoms with Gasteiger partial charge in [-0.2, -0.15) is 0 Å². The average Bonchev–Trinajstić information content (AvgIpc) is 3.31. The van der Waals surface area contributed by atoms with Gasteiger partial charge in [0.05, 0.1) is 19.3 Å². The lowest BCUT2D eigenvalue weighted by molar-refractivity contribution is 0.0174. The lowest BCUT2D eigenvalue weighted by Gasteiger charge is -2.39. The number of benzene rings is 3. The van der Waals surface area contributed by atoms with Crippen LogP contribution in [0.15, 0.2) is 60.0 Å². The van der Waals surface area contributed by atoms with Crippen LogP contribution in [-0.4, -0.2) is 50.4 Å². The predicted octanol–water partition coefficient (Wildman–Crippen LogP) is 7.82. The number of hydrogen-bond donors (Lipinski definition) is 0. The highest BCUT2D eigenvalue weighted by atomic mass is 32.1. The lowest BCUT2D eigenvalue weighted by Crippen LogP contribution is -2.53. The Morgan fingerprint density at radius 3 is 2.58 bits per heavy atom. The highest BCUT2D eigenvalue weighted by molar-refractivity contribution is 7.17. The molecule has 5 rings (SSSR count). The van der Waals surface area contributed by atoms with E-state index in [0.29, 0.717) is 48.7 Å². The van der Waals surface area contributed by atoms with Crippen molar-refractivity contribution < 1.29 is 36.6 Å². The summed E-state index contributed by atoms with van der Waals surface area (Å²) in [6.45, 7) is 2.26. The summed E-state index contributed by atoms with van der Waals surface area (Å²) in [4.78, 5) is 14.0. The molecule has 40 heavy (non-hydrogen) atoms. The van der Waals surface area contributed by atoms with Crippen LogP contribution in [0, 0.1) is 5.82 Å². The molecule has 2 heterocycles. The highest BCUT2D eigenvalue weighted by Gasteiger charge is 2.31. The smallest absolute Gasteiger partial charge is 0.337 e. The van der Waals surface area contributed by atoms with Gasteiger partial charge in [-0.1, -0.05) is 6.07 Å². The van der Waals surface area contributed by atoms with Crippen molar-refractivity contribution in [1.29, 1.82) is 0 Å². The van der Waals surface area contributed by atoms with Crippen molar-refractivity contribution in [1.82, 2.24) is 4.90 Å². The second-order valence-electron chi connectivity index (χ2n) is 9.68. The molecule has 0 atom stereocenters. The number of nitrogens with zero attached hydrogens (tertiary/aromatic N) is 1. The van der Waals surface area contributed by atoms with Crippen molar-refractivity contribution in [3.63, 3.8) is 0 Å². The van der Waals surface area contributed by atoms with E-state index in [0.717, 1.165) is 29.1 Å². The first-order chi connectivity index (χ1) is 19.2. The number of fused-ring (bicyclic) bond motifs is 1. The second kappa shape index (κ2) is 11.5. The first-order valence-electron chi connectivity index (χ1n) is 12.7. The van der Waals surface area contributed by atoms with Crippen LogP contribution in [0.25, 0.3) is 21.2 Å². The summed E-state index contributed by atoms with van der Waals surface area (Å²) in [5.74, 6) is -3.36. The fourth-order valence-electron chi connectivity index (χ4n) is 4.70. The van der Waals surface area contributed by atoms with Gasteiger partial charge in [-0.3, -0.25) is 9.29 Å². The van der Waals surface area contributed by atoms with Gasteiger partial charge < -0.3 is 14.2 Å². The van der Waals surface area contributed by atoms with E-state index in [1.807, 2.05) is 0 Å². The molecule has 0 N–H and O–H groups in total. The fraction of sp³-hybridized carbons (Fsp3) is 0.300. The third-order valence-electron chi connectivity index (χ3n) is 6.71. The SMILES string of the molecule is COC(=O)c1ccc2c(Oc3ccc(OC4CN(CCCF)C4)cc3-c3ccc(F)cc3C(C)(F)F)csc2c1. The van der Waals surface area contributed by atoms with Crippen LogP contribution in [0.4, 0.5) is 17.6 Å². The molecule has 0 saturated carbocycles. The Morgan fingerprint density at radius 2 is 1.85 bits per heavy atom. The summed E-state index contributed by atoms with van der Waals surface area (Å²) < 4.78 is 73.7. The van der Waals surface area contributed by atoms with E-state index >= 15 is 0 Å². The van der Waals surface area contributed by atoms with Crippen molar-refractivity contribution in [2.45, 2.75) is 25.4 Å². The molecule has 1 aromatic heterocycles. The molecule has 1 aliphatic rings. The maximum atomic E-state index is 14.6. The summed E-state index contributed by atoms with van der Waals surface area (Å²) in [6, 6.07) is 13.3. The molecule has 3 aromatic carbocycles. The first kappa shape index (κ1) is 27.9. The van der Waals surface area contributed by atoms with Crippen molar-refractivity contribution >= 4 is 27.4 Å².